The molecule has 0 amide bonds. The van der Waals surface area contributed by atoms with Crippen molar-refractivity contribution in [3.05, 3.63) is 69.3 Å². The van der Waals surface area contributed by atoms with Gasteiger partial charge in [-0.1, -0.05) is 30.0 Å². The Hall–Kier alpha value is -2.57. The molecular weight excluding hydrogens is 286 g/mol. The zero-order chi connectivity index (χ0) is 16.4. The molecule has 0 saturated carbocycles. The van der Waals surface area contributed by atoms with E-state index in [2.05, 4.69) is 17.2 Å². The van der Waals surface area contributed by atoms with Crippen LogP contribution in [-0.4, -0.2) is 11.1 Å². The van der Waals surface area contributed by atoms with Gasteiger partial charge in [0.1, 0.15) is 0 Å². The van der Waals surface area contributed by atoms with Crippen molar-refractivity contribution in [1.29, 1.82) is 0 Å². The number of nitrogens with one attached hydrogen (secondary N) is 1. The van der Waals surface area contributed by atoms with Gasteiger partial charge in [-0.15, -0.1) is 0 Å². The SMILES string of the molecule is Cc1c(C#Cc2ccccc2)c(CC(=O)O)c(C)c2c1CNC2. The number of rotatable bonds is 2. The predicted molar refractivity (Wildman–Crippen MR) is 90.2 cm³/mol. The molecule has 0 saturated heterocycles. The Balaban J connectivity index is 2.17. The van der Waals surface area contributed by atoms with E-state index in [1.165, 1.54) is 11.1 Å². The molecule has 23 heavy (non-hydrogen) atoms. The van der Waals surface area contributed by atoms with E-state index in [9.17, 15) is 9.90 Å². The molecule has 0 atom stereocenters. The standard InChI is InChI=1S/C20H19NO2/c1-13-16(9-8-15-6-4-3-5-7-15)17(10-20(22)23)14(2)19-12-21-11-18(13)19/h3-7,21H,10-12H2,1-2H3,(H,22,23). The summed E-state index contributed by atoms with van der Waals surface area (Å²) in [6.45, 7) is 5.69. The molecule has 0 unspecified atom stereocenters. The van der Waals surface area contributed by atoms with Crippen LogP contribution >= 0.6 is 0 Å². The second-order valence-electron chi connectivity index (χ2n) is 5.85. The fourth-order valence-electron chi connectivity index (χ4n) is 3.19. The number of carboxylic acids is 1. The topological polar surface area (TPSA) is 49.3 Å². The van der Waals surface area contributed by atoms with Crippen molar-refractivity contribution in [2.75, 3.05) is 0 Å². The van der Waals surface area contributed by atoms with Crippen LogP contribution in [0.3, 0.4) is 0 Å². The molecule has 2 N–H and O–H groups in total. The van der Waals surface area contributed by atoms with E-state index in [1.54, 1.807) is 0 Å². The van der Waals surface area contributed by atoms with Crippen molar-refractivity contribution in [1.82, 2.24) is 5.32 Å². The first-order valence-electron chi connectivity index (χ1n) is 7.71. The first kappa shape index (κ1) is 15.3. The fourth-order valence-corrected chi connectivity index (χ4v) is 3.19. The maximum Gasteiger partial charge on any atom is 0.307 e. The Morgan fingerprint density at radius 3 is 2.39 bits per heavy atom. The van der Waals surface area contributed by atoms with E-state index in [0.29, 0.717) is 0 Å². The van der Waals surface area contributed by atoms with Gasteiger partial charge < -0.3 is 10.4 Å². The average molecular weight is 305 g/mol. The molecule has 3 heteroatoms. The molecule has 2 aromatic rings. The first-order chi connectivity index (χ1) is 11.1. The lowest BCUT2D eigenvalue weighted by Gasteiger charge is -2.16. The van der Waals surface area contributed by atoms with Gasteiger partial charge >= 0.3 is 5.97 Å². The maximum absolute atomic E-state index is 11.3. The molecule has 0 aliphatic carbocycles. The normalized spacial score (nSPS) is 12.4. The molecule has 2 aromatic carbocycles. The minimum Gasteiger partial charge on any atom is -0.481 e. The number of carbonyl (C=O) groups is 1. The Labute approximate surface area is 136 Å². The van der Waals surface area contributed by atoms with E-state index >= 15 is 0 Å². The predicted octanol–water partition coefficient (Wildman–Crippen LogP) is 2.93. The third kappa shape index (κ3) is 2.99. The summed E-state index contributed by atoms with van der Waals surface area (Å²) >= 11 is 0. The van der Waals surface area contributed by atoms with Crippen molar-refractivity contribution in [2.24, 2.45) is 0 Å². The molecule has 3 rings (SSSR count). The highest BCUT2D eigenvalue weighted by molar-refractivity contribution is 5.74. The summed E-state index contributed by atoms with van der Waals surface area (Å²) in [6, 6.07) is 9.78. The zero-order valence-corrected chi connectivity index (χ0v) is 13.4. The van der Waals surface area contributed by atoms with Crippen LogP contribution in [-0.2, 0) is 24.3 Å². The second-order valence-corrected chi connectivity index (χ2v) is 5.85. The molecule has 116 valence electrons. The van der Waals surface area contributed by atoms with E-state index in [0.717, 1.165) is 40.9 Å². The molecular formula is C20H19NO2. The van der Waals surface area contributed by atoms with Crippen molar-refractivity contribution in [2.45, 2.75) is 33.4 Å². The molecule has 0 bridgehead atoms. The Morgan fingerprint density at radius 2 is 1.74 bits per heavy atom. The number of aliphatic carboxylic acids is 1. The number of fused-ring (bicyclic) bond motifs is 1. The van der Waals surface area contributed by atoms with Gasteiger partial charge in [-0.2, -0.15) is 0 Å². The average Bonchev–Trinajstić information content (AvgIpc) is 3.02. The van der Waals surface area contributed by atoms with Crippen LogP contribution in [0.4, 0.5) is 0 Å². The summed E-state index contributed by atoms with van der Waals surface area (Å²) < 4.78 is 0. The lowest BCUT2D eigenvalue weighted by Crippen LogP contribution is -2.09. The molecule has 0 spiro atoms. The second kappa shape index (κ2) is 6.28. The summed E-state index contributed by atoms with van der Waals surface area (Å²) in [7, 11) is 0. The highest BCUT2D eigenvalue weighted by Gasteiger charge is 2.22. The third-order valence-corrected chi connectivity index (χ3v) is 4.44. The molecule has 0 radical (unpaired) electrons. The quantitative estimate of drug-likeness (QED) is 0.839. The van der Waals surface area contributed by atoms with E-state index < -0.39 is 5.97 Å². The van der Waals surface area contributed by atoms with Crippen molar-refractivity contribution in [3.8, 4) is 11.8 Å². The zero-order valence-electron chi connectivity index (χ0n) is 13.4. The van der Waals surface area contributed by atoms with Crippen LogP contribution in [0.1, 0.15) is 38.9 Å². The smallest absolute Gasteiger partial charge is 0.307 e. The number of benzene rings is 2. The van der Waals surface area contributed by atoms with Gasteiger partial charge in [-0.25, -0.2) is 0 Å². The molecule has 1 aliphatic heterocycles. The monoisotopic (exact) mass is 305 g/mol. The van der Waals surface area contributed by atoms with Gasteiger partial charge in [0.05, 0.1) is 6.42 Å². The summed E-state index contributed by atoms with van der Waals surface area (Å²) in [6.07, 6.45) is 0.0127. The number of carboxylic acid groups (broad SMARTS) is 1. The largest absolute Gasteiger partial charge is 0.481 e. The van der Waals surface area contributed by atoms with Gasteiger partial charge in [0.2, 0.25) is 0 Å². The third-order valence-electron chi connectivity index (χ3n) is 4.44. The fraction of sp³-hybridized carbons (Fsp3) is 0.250. The molecule has 1 aliphatic rings. The Morgan fingerprint density at radius 1 is 1.09 bits per heavy atom. The summed E-state index contributed by atoms with van der Waals surface area (Å²) in [5.41, 5.74) is 7.34. The van der Waals surface area contributed by atoms with Crippen LogP contribution in [0.2, 0.25) is 0 Å². The number of hydrogen-bond donors (Lipinski definition) is 2. The highest BCUT2D eigenvalue weighted by atomic mass is 16.4. The van der Waals surface area contributed by atoms with Crippen LogP contribution in [0.25, 0.3) is 0 Å². The van der Waals surface area contributed by atoms with E-state index in [4.69, 9.17) is 0 Å². The van der Waals surface area contributed by atoms with E-state index in [1.807, 2.05) is 44.2 Å². The van der Waals surface area contributed by atoms with Crippen molar-refractivity contribution < 1.29 is 9.90 Å². The molecule has 0 fully saturated rings. The minimum absolute atomic E-state index is 0.0127. The highest BCUT2D eigenvalue weighted by Crippen LogP contribution is 2.30. The van der Waals surface area contributed by atoms with E-state index in [-0.39, 0.29) is 6.42 Å². The molecule has 1 heterocycles. The molecule has 3 nitrogen and oxygen atoms in total. The van der Waals surface area contributed by atoms with Crippen LogP contribution in [0.5, 0.6) is 0 Å². The maximum atomic E-state index is 11.3. The van der Waals surface area contributed by atoms with Crippen molar-refractivity contribution >= 4 is 5.97 Å². The lowest BCUT2D eigenvalue weighted by atomic mass is 9.87. The summed E-state index contributed by atoms with van der Waals surface area (Å²) in [5, 5.41) is 12.6. The lowest BCUT2D eigenvalue weighted by molar-refractivity contribution is -0.136. The Bertz CT molecular complexity index is 826. The van der Waals surface area contributed by atoms with Gasteiger partial charge in [0, 0.05) is 24.2 Å². The van der Waals surface area contributed by atoms with Gasteiger partial charge in [-0.05, 0) is 53.8 Å². The van der Waals surface area contributed by atoms with Gasteiger partial charge in [0.25, 0.3) is 0 Å². The first-order valence-corrected chi connectivity index (χ1v) is 7.71. The summed E-state index contributed by atoms with van der Waals surface area (Å²) in [4.78, 5) is 11.3. The van der Waals surface area contributed by atoms with Gasteiger partial charge in [-0.3, -0.25) is 4.79 Å². The van der Waals surface area contributed by atoms with Crippen molar-refractivity contribution in [3.63, 3.8) is 0 Å². The van der Waals surface area contributed by atoms with Crippen LogP contribution in [0.15, 0.2) is 30.3 Å². The van der Waals surface area contributed by atoms with Gasteiger partial charge in [0.15, 0.2) is 0 Å². The number of hydrogen-bond acceptors (Lipinski definition) is 2. The molecule has 0 aromatic heterocycles. The Kier molecular flexibility index (Phi) is 4.18. The summed E-state index contributed by atoms with van der Waals surface area (Å²) in [5.74, 6) is 5.58. The van der Waals surface area contributed by atoms with Crippen LogP contribution in [0, 0.1) is 25.7 Å². The van der Waals surface area contributed by atoms with Crippen LogP contribution < -0.4 is 5.32 Å². The minimum atomic E-state index is -0.818.